The molecule has 0 aliphatic carbocycles. The van der Waals surface area contributed by atoms with Crippen molar-refractivity contribution < 1.29 is 18.8 Å². The summed E-state index contributed by atoms with van der Waals surface area (Å²) in [5.74, 6) is -0.540. The second-order valence-corrected chi connectivity index (χ2v) is 5.23. The molecule has 1 fully saturated rings. The number of carbonyl (C=O) groups excluding carboxylic acids is 1. The number of halogens is 1. The van der Waals surface area contributed by atoms with E-state index in [2.05, 4.69) is 10.5 Å². The van der Waals surface area contributed by atoms with Gasteiger partial charge in [0.05, 0.1) is 11.8 Å². The van der Waals surface area contributed by atoms with Crippen molar-refractivity contribution in [3.8, 4) is 0 Å². The Morgan fingerprint density at radius 3 is 3.14 bits per heavy atom. The van der Waals surface area contributed by atoms with E-state index < -0.39 is 6.10 Å². The number of carbonyl (C=O) groups is 1. The van der Waals surface area contributed by atoms with Crippen molar-refractivity contribution in [3.63, 3.8) is 0 Å². The van der Waals surface area contributed by atoms with E-state index in [4.69, 9.17) is 9.57 Å². The standard InChI is InChI=1S/C15H17FN2O3/c16-11-4-1-3-10(7-11)13-8-14(21-18-13)15(19)17-9-12-5-2-6-20-12/h1,3-4,7,12,14H,2,5-6,8-9H2,(H,17,19). The molecule has 2 aliphatic heterocycles. The quantitative estimate of drug-likeness (QED) is 0.917. The van der Waals surface area contributed by atoms with Crippen LogP contribution in [0.15, 0.2) is 29.4 Å². The lowest BCUT2D eigenvalue weighted by Gasteiger charge is -2.13. The highest BCUT2D eigenvalue weighted by atomic mass is 19.1. The second-order valence-electron chi connectivity index (χ2n) is 5.23. The number of oxime groups is 1. The van der Waals surface area contributed by atoms with Crippen LogP contribution in [0.3, 0.4) is 0 Å². The molecule has 0 spiro atoms. The van der Waals surface area contributed by atoms with Gasteiger partial charge in [-0.2, -0.15) is 0 Å². The average molecular weight is 292 g/mol. The molecular formula is C15H17FN2O3. The normalized spacial score (nSPS) is 24.5. The van der Waals surface area contributed by atoms with Crippen LogP contribution in [0.1, 0.15) is 24.8 Å². The first-order chi connectivity index (χ1) is 10.2. The molecule has 1 amide bonds. The van der Waals surface area contributed by atoms with Crippen LogP contribution in [0.5, 0.6) is 0 Å². The minimum atomic E-state index is -0.648. The zero-order valence-corrected chi connectivity index (χ0v) is 11.5. The molecule has 0 radical (unpaired) electrons. The molecule has 6 heteroatoms. The Morgan fingerprint density at radius 1 is 1.48 bits per heavy atom. The number of ether oxygens (including phenoxy) is 1. The fourth-order valence-corrected chi connectivity index (χ4v) is 2.49. The van der Waals surface area contributed by atoms with Crippen LogP contribution in [-0.4, -0.2) is 37.0 Å². The molecule has 2 unspecified atom stereocenters. The second kappa shape index (κ2) is 6.22. The summed E-state index contributed by atoms with van der Waals surface area (Å²) in [6, 6.07) is 6.11. The number of rotatable bonds is 4. The van der Waals surface area contributed by atoms with E-state index in [1.807, 2.05) is 0 Å². The van der Waals surface area contributed by atoms with E-state index >= 15 is 0 Å². The molecule has 1 aromatic carbocycles. The van der Waals surface area contributed by atoms with Gasteiger partial charge in [-0.25, -0.2) is 4.39 Å². The number of nitrogens with one attached hydrogen (secondary N) is 1. The zero-order valence-electron chi connectivity index (χ0n) is 11.5. The van der Waals surface area contributed by atoms with Gasteiger partial charge in [0, 0.05) is 25.1 Å². The summed E-state index contributed by atoms with van der Waals surface area (Å²) in [7, 11) is 0. The minimum absolute atomic E-state index is 0.0963. The van der Waals surface area contributed by atoms with E-state index in [9.17, 15) is 9.18 Å². The molecule has 3 rings (SSSR count). The molecule has 112 valence electrons. The van der Waals surface area contributed by atoms with Crippen molar-refractivity contribution in [1.82, 2.24) is 5.32 Å². The Morgan fingerprint density at radius 2 is 2.38 bits per heavy atom. The van der Waals surface area contributed by atoms with Crippen LogP contribution in [-0.2, 0) is 14.4 Å². The molecule has 21 heavy (non-hydrogen) atoms. The third-order valence-electron chi connectivity index (χ3n) is 3.65. The molecule has 2 aliphatic rings. The van der Waals surface area contributed by atoms with E-state index in [1.165, 1.54) is 12.1 Å². The van der Waals surface area contributed by atoms with Gasteiger partial charge in [-0.1, -0.05) is 17.3 Å². The molecule has 2 heterocycles. The van der Waals surface area contributed by atoms with E-state index in [0.717, 1.165) is 19.4 Å². The highest BCUT2D eigenvalue weighted by Gasteiger charge is 2.29. The first-order valence-corrected chi connectivity index (χ1v) is 7.10. The van der Waals surface area contributed by atoms with Crippen molar-refractivity contribution >= 4 is 11.6 Å². The minimum Gasteiger partial charge on any atom is -0.382 e. The lowest BCUT2D eigenvalue weighted by Crippen LogP contribution is -2.39. The molecule has 0 aromatic heterocycles. The van der Waals surface area contributed by atoms with Gasteiger partial charge < -0.3 is 14.9 Å². The molecule has 5 nitrogen and oxygen atoms in total. The molecule has 1 N–H and O–H groups in total. The maximum Gasteiger partial charge on any atom is 0.264 e. The van der Waals surface area contributed by atoms with Crippen LogP contribution < -0.4 is 5.32 Å². The fraction of sp³-hybridized carbons (Fsp3) is 0.467. The van der Waals surface area contributed by atoms with Gasteiger partial charge in [0.25, 0.3) is 5.91 Å². The fourth-order valence-electron chi connectivity index (χ4n) is 2.49. The van der Waals surface area contributed by atoms with Crippen molar-refractivity contribution in [2.45, 2.75) is 31.5 Å². The Bertz CT molecular complexity index is 556. The SMILES string of the molecule is O=C(NCC1CCCO1)C1CC(c2cccc(F)c2)=NO1. The third-order valence-corrected chi connectivity index (χ3v) is 3.65. The van der Waals surface area contributed by atoms with Crippen molar-refractivity contribution in [2.24, 2.45) is 5.16 Å². The molecular weight excluding hydrogens is 275 g/mol. The number of hydrogen-bond donors (Lipinski definition) is 1. The maximum absolute atomic E-state index is 13.2. The summed E-state index contributed by atoms with van der Waals surface area (Å²) in [4.78, 5) is 17.2. The van der Waals surface area contributed by atoms with Gasteiger partial charge in [-0.15, -0.1) is 0 Å². The lowest BCUT2D eigenvalue weighted by molar-refractivity contribution is -0.131. The summed E-state index contributed by atoms with van der Waals surface area (Å²) >= 11 is 0. The van der Waals surface area contributed by atoms with Crippen LogP contribution in [0.4, 0.5) is 4.39 Å². The van der Waals surface area contributed by atoms with Crippen LogP contribution in [0, 0.1) is 5.82 Å². The summed E-state index contributed by atoms with van der Waals surface area (Å²) in [6.45, 7) is 1.25. The number of amides is 1. The van der Waals surface area contributed by atoms with E-state index in [0.29, 0.717) is 24.2 Å². The van der Waals surface area contributed by atoms with E-state index in [-0.39, 0.29) is 17.8 Å². The lowest BCUT2D eigenvalue weighted by atomic mass is 10.0. The smallest absolute Gasteiger partial charge is 0.264 e. The van der Waals surface area contributed by atoms with Gasteiger partial charge in [-0.05, 0) is 25.0 Å². The van der Waals surface area contributed by atoms with Crippen LogP contribution in [0.25, 0.3) is 0 Å². The van der Waals surface area contributed by atoms with Crippen molar-refractivity contribution in [2.75, 3.05) is 13.2 Å². The van der Waals surface area contributed by atoms with E-state index in [1.54, 1.807) is 12.1 Å². The van der Waals surface area contributed by atoms with Gasteiger partial charge in [0.15, 0.2) is 0 Å². The molecule has 1 saturated heterocycles. The first-order valence-electron chi connectivity index (χ1n) is 7.10. The Balaban J connectivity index is 1.52. The highest BCUT2D eigenvalue weighted by molar-refractivity contribution is 6.04. The van der Waals surface area contributed by atoms with Gasteiger partial charge in [-0.3, -0.25) is 4.79 Å². The number of nitrogens with zero attached hydrogens (tertiary/aromatic N) is 1. The van der Waals surface area contributed by atoms with Gasteiger partial charge in [0.2, 0.25) is 6.10 Å². The Hall–Kier alpha value is -1.95. The van der Waals surface area contributed by atoms with Crippen molar-refractivity contribution in [1.29, 1.82) is 0 Å². The number of benzene rings is 1. The monoisotopic (exact) mass is 292 g/mol. The summed E-state index contributed by atoms with van der Waals surface area (Å²) in [6.07, 6.45) is 1.80. The summed E-state index contributed by atoms with van der Waals surface area (Å²) < 4.78 is 18.6. The largest absolute Gasteiger partial charge is 0.382 e. The number of hydrogen-bond acceptors (Lipinski definition) is 4. The van der Waals surface area contributed by atoms with Crippen LogP contribution in [0.2, 0.25) is 0 Å². The first kappa shape index (κ1) is 14.0. The maximum atomic E-state index is 13.2. The molecule has 1 aromatic rings. The van der Waals surface area contributed by atoms with Crippen molar-refractivity contribution in [3.05, 3.63) is 35.6 Å². The topological polar surface area (TPSA) is 59.9 Å². The summed E-state index contributed by atoms with van der Waals surface area (Å²) in [5, 5.41) is 6.70. The highest BCUT2D eigenvalue weighted by Crippen LogP contribution is 2.18. The molecule has 0 bridgehead atoms. The average Bonchev–Trinajstić information content (AvgIpc) is 3.16. The summed E-state index contributed by atoms with van der Waals surface area (Å²) in [5.41, 5.74) is 1.23. The Kier molecular flexibility index (Phi) is 4.15. The predicted octanol–water partition coefficient (Wildman–Crippen LogP) is 1.61. The van der Waals surface area contributed by atoms with Crippen LogP contribution >= 0.6 is 0 Å². The van der Waals surface area contributed by atoms with Gasteiger partial charge >= 0.3 is 0 Å². The Labute approximate surface area is 122 Å². The third kappa shape index (κ3) is 3.39. The predicted molar refractivity (Wildman–Crippen MR) is 74.4 cm³/mol. The molecule has 0 saturated carbocycles. The molecule has 2 atom stereocenters. The zero-order chi connectivity index (χ0) is 14.7. The van der Waals surface area contributed by atoms with Gasteiger partial charge in [0.1, 0.15) is 5.82 Å².